The fraction of sp³-hybridized carbons (Fsp3) is 0.533. The molecule has 1 saturated carbocycles. The van der Waals surface area contributed by atoms with Gasteiger partial charge in [0, 0.05) is 17.5 Å². The van der Waals surface area contributed by atoms with Crippen molar-refractivity contribution >= 4 is 17.3 Å². The Bertz CT molecular complexity index is 482. The van der Waals surface area contributed by atoms with E-state index in [1.807, 2.05) is 0 Å². The van der Waals surface area contributed by atoms with Crippen LogP contribution in [0.4, 0.5) is 11.4 Å². The largest absolute Gasteiger partial charge is 0.397 e. The molecule has 0 radical (unpaired) electrons. The second-order valence-electron chi connectivity index (χ2n) is 5.74. The molecule has 2 rings (SSSR count). The van der Waals surface area contributed by atoms with Crippen molar-refractivity contribution in [3.05, 3.63) is 23.8 Å². The molecule has 0 saturated heterocycles. The highest BCUT2D eigenvalue weighted by Gasteiger charge is 2.31. The van der Waals surface area contributed by atoms with Crippen molar-refractivity contribution in [1.82, 2.24) is 0 Å². The highest BCUT2D eigenvalue weighted by atomic mass is 16.3. The first kappa shape index (κ1) is 14.7. The number of carbonyl (C=O) groups is 1. The van der Waals surface area contributed by atoms with Gasteiger partial charge in [-0.1, -0.05) is 19.3 Å². The van der Waals surface area contributed by atoms with Crippen LogP contribution in [0.15, 0.2) is 18.2 Å². The quantitative estimate of drug-likeness (QED) is 0.615. The van der Waals surface area contributed by atoms with Gasteiger partial charge in [-0.05, 0) is 31.0 Å². The normalized spacial score (nSPS) is 17.6. The lowest BCUT2D eigenvalue weighted by Crippen LogP contribution is -2.35. The molecule has 1 aliphatic rings. The number of amides is 1. The summed E-state index contributed by atoms with van der Waals surface area (Å²) in [6, 6.07) is 5.01. The maximum atomic E-state index is 11.1. The molecule has 5 heteroatoms. The van der Waals surface area contributed by atoms with Crippen molar-refractivity contribution in [2.75, 3.05) is 24.2 Å². The van der Waals surface area contributed by atoms with E-state index < -0.39 is 5.91 Å². The van der Waals surface area contributed by atoms with E-state index in [-0.39, 0.29) is 12.0 Å². The Labute approximate surface area is 119 Å². The number of nitrogens with two attached hydrogens (primary N) is 2. The minimum atomic E-state index is -0.484. The smallest absolute Gasteiger partial charge is 0.248 e. The van der Waals surface area contributed by atoms with Crippen LogP contribution in [-0.4, -0.2) is 24.2 Å². The molecule has 0 aromatic heterocycles. The van der Waals surface area contributed by atoms with E-state index >= 15 is 0 Å². The molecule has 0 unspecified atom stereocenters. The number of primary amides is 1. The number of carbonyl (C=O) groups excluding carboxylic acids is 1. The average Bonchev–Trinajstić information content (AvgIpc) is 2.47. The van der Waals surface area contributed by atoms with Gasteiger partial charge in [-0.15, -0.1) is 0 Å². The summed E-state index contributed by atoms with van der Waals surface area (Å²) < 4.78 is 0. The second-order valence-corrected chi connectivity index (χ2v) is 5.74. The van der Waals surface area contributed by atoms with E-state index in [9.17, 15) is 9.90 Å². The summed E-state index contributed by atoms with van der Waals surface area (Å²) in [4.78, 5) is 11.1. The molecular weight excluding hydrogens is 254 g/mol. The zero-order valence-corrected chi connectivity index (χ0v) is 11.7. The van der Waals surface area contributed by atoms with Crippen molar-refractivity contribution in [2.45, 2.75) is 32.1 Å². The number of nitrogen functional groups attached to an aromatic ring is 1. The molecular formula is C15H23N3O2. The number of aliphatic hydroxyl groups excluding tert-OH is 1. The summed E-state index contributed by atoms with van der Waals surface area (Å²) >= 11 is 0. The van der Waals surface area contributed by atoms with Crippen molar-refractivity contribution in [2.24, 2.45) is 11.1 Å². The third-order valence-corrected chi connectivity index (χ3v) is 4.24. The third kappa shape index (κ3) is 3.22. The van der Waals surface area contributed by atoms with Crippen LogP contribution in [0.25, 0.3) is 0 Å². The number of hydrogen-bond acceptors (Lipinski definition) is 4. The first-order valence-corrected chi connectivity index (χ1v) is 7.10. The summed E-state index contributed by atoms with van der Waals surface area (Å²) in [5.74, 6) is -0.484. The Morgan fingerprint density at radius 1 is 1.30 bits per heavy atom. The van der Waals surface area contributed by atoms with Crippen molar-refractivity contribution in [3.8, 4) is 0 Å². The SMILES string of the molecule is NC(=O)c1ccc(NCC2(CO)CCCCC2)c(N)c1. The topological polar surface area (TPSA) is 101 Å². The maximum Gasteiger partial charge on any atom is 0.248 e. The number of anilines is 2. The van der Waals surface area contributed by atoms with Crippen LogP contribution in [-0.2, 0) is 0 Å². The number of aliphatic hydroxyl groups is 1. The van der Waals surface area contributed by atoms with Gasteiger partial charge in [-0.3, -0.25) is 4.79 Å². The van der Waals surface area contributed by atoms with Crippen LogP contribution in [0.3, 0.4) is 0 Å². The average molecular weight is 277 g/mol. The van der Waals surface area contributed by atoms with Gasteiger partial charge in [-0.2, -0.15) is 0 Å². The third-order valence-electron chi connectivity index (χ3n) is 4.24. The molecule has 1 amide bonds. The van der Waals surface area contributed by atoms with Gasteiger partial charge in [0.2, 0.25) is 5.91 Å². The molecule has 0 spiro atoms. The maximum absolute atomic E-state index is 11.1. The highest BCUT2D eigenvalue weighted by Crippen LogP contribution is 2.36. The zero-order valence-electron chi connectivity index (χ0n) is 11.7. The van der Waals surface area contributed by atoms with E-state index in [0.29, 0.717) is 17.8 Å². The molecule has 20 heavy (non-hydrogen) atoms. The van der Waals surface area contributed by atoms with Gasteiger partial charge < -0.3 is 21.9 Å². The van der Waals surface area contributed by atoms with Crippen LogP contribution < -0.4 is 16.8 Å². The van der Waals surface area contributed by atoms with E-state index in [4.69, 9.17) is 11.5 Å². The molecule has 0 heterocycles. The first-order chi connectivity index (χ1) is 9.56. The second kappa shape index (κ2) is 6.13. The highest BCUT2D eigenvalue weighted by molar-refractivity contribution is 5.94. The molecule has 6 N–H and O–H groups in total. The Kier molecular flexibility index (Phi) is 4.49. The molecule has 1 aromatic rings. The Hall–Kier alpha value is -1.75. The Balaban J connectivity index is 2.04. The predicted octanol–water partition coefficient (Wildman–Crippen LogP) is 1.72. The summed E-state index contributed by atoms with van der Waals surface area (Å²) in [5.41, 5.74) is 12.8. The number of rotatable bonds is 5. The Morgan fingerprint density at radius 2 is 2.00 bits per heavy atom. The monoisotopic (exact) mass is 277 g/mol. The van der Waals surface area contributed by atoms with Crippen LogP contribution in [0, 0.1) is 5.41 Å². The predicted molar refractivity (Wildman–Crippen MR) is 80.5 cm³/mol. The molecule has 0 bridgehead atoms. The van der Waals surface area contributed by atoms with Gasteiger partial charge in [0.1, 0.15) is 0 Å². The summed E-state index contributed by atoms with van der Waals surface area (Å²) in [6.07, 6.45) is 5.65. The van der Waals surface area contributed by atoms with Gasteiger partial charge >= 0.3 is 0 Å². The van der Waals surface area contributed by atoms with E-state index in [0.717, 1.165) is 18.5 Å². The molecule has 0 aliphatic heterocycles. The molecule has 1 fully saturated rings. The van der Waals surface area contributed by atoms with E-state index in [1.165, 1.54) is 19.3 Å². The zero-order chi connectivity index (χ0) is 14.6. The van der Waals surface area contributed by atoms with Gasteiger partial charge in [0.05, 0.1) is 18.0 Å². The minimum absolute atomic E-state index is 0.0486. The molecule has 0 atom stereocenters. The fourth-order valence-electron chi connectivity index (χ4n) is 2.85. The number of hydrogen-bond donors (Lipinski definition) is 4. The summed E-state index contributed by atoms with van der Waals surface area (Å²) in [5, 5.41) is 13.0. The molecule has 5 nitrogen and oxygen atoms in total. The van der Waals surface area contributed by atoms with Gasteiger partial charge in [-0.25, -0.2) is 0 Å². The van der Waals surface area contributed by atoms with Crippen molar-refractivity contribution in [3.63, 3.8) is 0 Å². The lowest BCUT2D eigenvalue weighted by molar-refractivity contribution is 0.0944. The van der Waals surface area contributed by atoms with Crippen molar-refractivity contribution < 1.29 is 9.90 Å². The van der Waals surface area contributed by atoms with E-state index in [2.05, 4.69) is 5.32 Å². The summed E-state index contributed by atoms with van der Waals surface area (Å²) in [6.45, 7) is 0.892. The van der Waals surface area contributed by atoms with Crippen LogP contribution in [0.1, 0.15) is 42.5 Å². The van der Waals surface area contributed by atoms with Gasteiger partial charge in [0.25, 0.3) is 0 Å². The molecule has 1 aromatic carbocycles. The van der Waals surface area contributed by atoms with Crippen LogP contribution in [0.2, 0.25) is 0 Å². The van der Waals surface area contributed by atoms with Crippen LogP contribution >= 0.6 is 0 Å². The van der Waals surface area contributed by atoms with Crippen LogP contribution in [0.5, 0.6) is 0 Å². The summed E-state index contributed by atoms with van der Waals surface area (Å²) in [7, 11) is 0. The number of benzene rings is 1. The molecule has 110 valence electrons. The number of nitrogens with one attached hydrogen (secondary N) is 1. The lowest BCUT2D eigenvalue weighted by Gasteiger charge is -2.36. The Morgan fingerprint density at radius 3 is 2.55 bits per heavy atom. The minimum Gasteiger partial charge on any atom is -0.397 e. The lowest BCUT2D eigenvalue weighted by atomic mass is 9.74. The molecule has 1 aliphatic carbocycles. The first-order valence-electron chi connectivity index (χ1n) is 7.10. The van der Waals surface area contributed by atoms with Crippen molar-refractivity contribution in [1.29, 1.82) is 0 Å². The van der Waals surface area contributed by atoms with E-state index in [1.54, 1.807) is 18.2 Å². The standard InChI is InChI=1S/C15H23N3O2/c16-12-8-11(14(17)20)4-5-13(12)18-9-15(10-19)6-2-1-3-7-15/h4-5,8,18-19H,1-3,6-7,9-10,16H2,(H2,17,20). The van der Waals surface area contributed by atoms with Gasteiger partial charge in [0.15, 0.2) is 0 Å². The fourth-order valence-corrected chi connectivity index (χ4v) is 2.85.